The Bertz CT molecular complexity index is 280. The summed E-state index contributed by atoms with van der Waals surface area (Å²) < 4.78 is 24.6. The van der Waals surface area contributed by atoms with Crippen LogP contribution < -0.4 is 4.72 Å². The minimum absolute atomic E-state index is 0.307. The highest BCUT2D eigenvalue weighted by Crippen LogP contribution is 2.27. The van der Waals surface area contributed by atoms with Gasteiger partial charge in [0.25, 0.3) is 0 Å². The fraction of sp³-hybridized carbons (Fsp3) is 0.875. The lowest BCUT2D eigenvalue weighted by Gasteiger charge is -2.04. The summed E-state index contributed by atoms with van der Waals surface area (Å²) in [5.74, 6) is -0.367. The van der Waals surface area contributed by atoms with E-state index in [1.54, 1.807) is 0 Å². The number of rotatable bonds is 5. The zero-order valence-corrected chi connectivity index (χ0v) is 8.56. The van der Waals surface area contributed by atoms with E-state index in [9.17, 15) is 13.2 Å². The van der Waals surface area contributed by atoms with Crippen LogP contribution in [0.15, 0.2) is 0 Å². The van der Waals surface area contributed by atoms with E-state index in [2.05, 4.69) is 4.72 Å². The first-order valence-corrected chi connectivity index (χ1v) is 6.15. The second-order valence-electron chi connectivity index (χ2n) is 3.37. The van der Waals surface area contributed by atoms with Gasteiger partial charge in [-0.05, 0) is 19.3 Å². The molecule has 0 aromatic carbocycles. The molecule has 0 bridgehead atoms. The number of sulfonamides is 1. The van der Waals surface area contributed by atoms with E-state index in [-0.39, 0.29) is 11.2 Å². The van der Waals surface area contributed by atoms with Crippen molar-refractivity contribution in [3.8, 4) is 0 Å². The van der Waals surface area contributed by atoms with Crippen LogP contribution in [0.2, 0.25) is 0 Å². The molecule has 0 spiro atoms. The highest BCUT2D eigenvalue weighted by atomic mass is 32.2. The van der Waals surface area contributed by atoms with Crippen molar-refractivity contribution in [3.63, 3.8) is 0 Å². The van der Waals surface area contributed by atoms with Crippen LogP contribution in [-0.2, 0) is 14.8 Å². The quantitative estimate of drug-likeness (QED) is 0.721. The first-order valence-electron chi connectivity index (χ1n) is 4.60. The molecule has 0 atom stereocenters. The molecule has 13 heavy (non-hydrogen) atoms. The molecule has 0 aromatic heterocycles. The van der Waals surface area contributed by atoms with Crippen molar-refractivity contribution >= 4 is 15.9 Å². The van der Waals surface area contributed by atoms with Gasteiger partial charge in [-0.3, -0.25) is 9.52 Å². The molecule has 0 unspecified atom stereocenters. The predicted molar refractivity (Wildman–Crippen MR) is 49.6 cm³/mol. The normalized spacial score (nSPS) is 17.0. The van der Waals surface area contributed by atoms with Gasteiger partial charge in [0.15, 0.2) is 0 Å². The summed E-state index contributed by atoms with van der Waals surface area (Å²) >= 11 is 0. The second-order valence-corrected chi connectivity index (χ2v) is 5.33. The molecule has 0 aliphatic heterocycles. The van der Waals surface area contributed by atoms with Crippen LogP contribution in [0.25, 0.3) is 0 Å². The summed E-state index contributed by atoms with van der Waals surface area (Å²) in [5, 5.41) is -0.307. The molecular weight excluding hydrogens is 190 g/mol. The maximum Gasteiger partial charge on any atom is 0.237 e. The third-order valence-corrected chi connectivity index (χ3v) is 3.84. The van der Waals surface area contributed by atoms with Gasteiger partial charge in [0.05, 0.1) is 5.25 Å². The number of hydrogen-bond acceptors (Lipinski definition) is 3. The van der Waals surface area contributed by atoms with Crippen molar-refractivity contribution in [1.82, 2.24) is 4.72 Å². The fourth-order valence-electron chi connectivity index (χ4n) is 1.01. The highest BCUT2D eigenvalue weighted by Gasteiger charge is 2.36. The van der Waals surface area contributed by atoms with Crippen molar-refractivity contribution in [2.24, 2.45) is 0 Å². The summed E-state index contributed by atoms with van der Waals surface area (Å²) in [4.78, 5) is 11.1. The Morgan fingerprint density at radius 3 is 2.54 bits per heavy atom. The molecule has 1 amide bonds. The maximum absolute atomic E-state index is 11.2. The second kappa shape index (κ2) is 4.09. The monoisotopic (exact) mass is 205 g/mol. The molecule has 1 aliphatic carbocycles. The molecule has 1 fully saturated rings. The molecule has 1 N–H and O–H groups in total. The average Bonchev–Trinajstić information content (AvgIpc) is 2.81. The molecule has 0 saturated heterocycles. The Labute approximate surface area is 78.8 Å². The van der Waals surface area contributed by atoms with E-state index < -0.39 is 10.0 Å². The van der Waals surface area contributed by atoms with Gasteiger partial charge in [-0.15, -0.1) is 0 Å². The van der Waals surface area contributed by atoms with Crippen molar-refractivity contribution < 1.29 is 13.2 Å². The summed E-state index contributed by atoms with van der Waals surface area (Å²) in [6.45, 7) is 1.96. The largest absolute Gasteiger partial charge is 0.274 e. The van der Waals surface area contributed by atoms with Crippen LogP contribution in [0.5, 0.6) is 0 Å². The Hall–Kier alpha value is -0.580. The minimum Gasteiger partial charge on any atom is -0.274 e. The number of amides is 1. The smallest absolute Gasteiger partial charge is 0.237 e. The van der Waals surface area contributed by atoms with E-state index in [0.29, 0.717) is 19.3 Å². The van der Waals surface area contributed by atoms with E-state index in [0.717, 1.165) is 12.8 Å². The van der Waals surface area contributed by atoms with Gasteiger partial charge < -0.3 is 0 Å². The first-order chi connectivity index (χ1) is 6.06. The van der Waals surface area contributed by atoms with Crippen molar-refractivity contribution in [2.75, 3.05) is 0 Å². The Kier molecular flexibility index (Phi) is 3.30. The predicted octanol–water partition coefficient (Wildman–Crippen LogP) is 0.785. The lowest BCUT2D eigenvalue weighted by molar-refractivity contribution is -0.119. The number of unbranched alkanes of at least 4 members (excludes halogenated alkanes) is 1. The molecule has 0 radical (unpaired) electrons. The maximum atomic E-state index is 11.2. The van der Waals surface area contributed by atoms with Gasteiger partial charge in [0, 0.05) is 6.42 Å². The topological polar surface area (TPSA) is 63.2 Å². The lowest BCUT2D eigenvalue weighted by atomic mass is 10.2. The molecule has 1 rings (SSSR count). The minimum atomic E-state index is -3.32. The Morgan fingerprint density at radius 2 is 2.08 bits per heavy atom. The van der Waals surface area contributed by atoms with Crippen molar-refractivity contribution in [3.05, 3.63) is 0 Å². The van der Waals surface area contributed by atoms with Gasteiger partial charge >= 0.3 is 0 Å². The molecule has 0 aromatic rings. The van der Waals surface area contributed by atoms with Gasteiger partial charge in [-0.2, -0.15) is 0 Å². The average molecular weight is 205 g/mol. The van der Waals surface area contributed by atoms with Crippen LogP contribution >= 0.6 is 0 Å². The molecule has 76 valence electrons. The standard InChI is InChI=1S/C8H15NO3S/c1-2-3-4-8(10)9-13(11,12)7-5-6-7/h7H,2-6H2,1H3,(H,9,10). The molecular formula is C8H15NO3S. The zero-order chi connectivity index (χ0) is 9.90. The number of nitrogens with one attached hydrogen (secondary N) is 1. The van der Waals surface area contributed by atoms with Crippen LogP contribution in [0, 0.1) is 0 Å². The van der Waals surface area contributed by atoms with E-state index in [1.807, 2.05) is 6.92 Å². The summed E-state index contributed by atoms with van der Waals surface area (Å²) in [7, 11) is -3.32. The third-order valence-electron chi connectivity index (χ3n) is 1.98. The van der Waals surface area contributed by atoms with Crippen LogP contribution in [0.4, 0.5) is 0 Å². The van der Waals surface area contributed by atoms with Crippen molar-refractivity contribution in [1.29, 1.82) is 0 Å². The Morgan fingerprint density at radius 1 is 1.46 bits per heavy atom. The van der Waals surface area contributed by atoms with Crippen LogP contribution in [0.3, 0.4) is 0 Å². The lowest BCUT2D eigenvalue weighted by Crippen LogP contribution is -2.32. The van der Waals surface area contributed by atoms with E-state index in [1.165, 1.54) is 0 Å². The first kappa shape index (κ1) is 10.5. The molecule has 1 aliphatic rings. The van der Waals surface area contributed by atoms with Gasteiger partial charge in [-0.1, -0.05) is 13.3 Å². The highest BCUT2D eigenvalue weighted by molar-refractivity contribution is 7.90. The van der Waals surface area contributed by atoms with Crippen LogP contribution in [0.1, 0.15) is 39.0 Å². The SMILES string of the molecule is CCCCC(=O)NS(=O)(=O)C1CC1. The van der Waals surface area contributed by atoms with Crippen LogP contribution in [-0.4, -0.2) is 19.6 Å². The van der Waals surface area contributed by atoms with Crippen molar-refractivity contribution in [2.45, 2.75) is 44.3 Å². The van der Waals surface area contributed by atoms with E-state index >= 15 is 0 Å². The zero-order valence-electron chi connectivity index (χ0n) is 7.75. The molecule has 5 heteroatoms. The van der Waals surface area contributed by atoms with E-state index in [4.69, 9.17) is 0 Å². The number of carbonyl (C=O) groups is 1. The summed E-state index contributed by atoms with van der Waals surface area (Å²) in [6, 6.07) is 0. The summed E-state index contributed by atoms with van der Waals surface area (Å²) in [5.41, 5.74) is 0. The summed E-state index contributed by atoms with van der Waals surface area (Å²) in [6.07, 6.45) is 3.33. The number of hydrogen-bond donors (Lipinski definition) is 1. The third kappa shape index (κ3) is 3.34. The fourth-order valence-corrected chi connectivity index (χ4v) is 2.35. The Balaban J connectivity index is 2.34. The van der Waals surface area contributed by atoms with Gasteiger partial charge in [0.1, 0.15) is 0 Å². The molecule has 1 saturated carbocycles. The number of carbonyl (C=O) groups excluding carboxylic acids is 1. The molecule has 4 nitrogen and oxygen atoms in total. The van der Waals surface area contributed by atoms with Gasteiger partial charge in [0.2, 0.25) is 15.9 Å². The molecule has 0 heterocycles. The van der Waals surface area contributed by atoms with Gasteiger partial charge in [-0.25, -0.2) is 8.42 Å².